The number of carbonyl (C=O) groups excluding carboxylic acids is 2. The summed E-state index contributed by atoms with van der Waals surface area (Å²) in [5.41, 5.74) is 6.55. The lowest BCUT2D eigenvalue weighted by Crippen LogP contribution is -2.11. The number of para-hydroxylation sites is 1. The molecule has 0 saturated carbocycles. The Morgan fingerprint density at radius 2 is 1.52 bits per heavy atom. The van der Waals surface area contributed by atoms with E-state index in [-0.39, 0.29) is 17.2 Å². The lowest BCUT2D eigenvalue weighted by molar-refractivity contribution is -0.111. The second kappa shape index (κ2) is 12.3. The number of amides is 2. The SMILES string of the molecule is COc1ccc(/C=C/C(=O)Nc2ccccc2C(=O)O)cc1OC.NC(=O)c1ccccc1. The number of aromatic carboxylic acids is 1. The van der Waals surface area contributed by atoms with E-state index in [1.54, 1.807) is 67.8 Å². The summed E-state index contributed by atoms with van der Waals surface area (Å²) >= 11 is 0. The van der Waals surface area contributed by atoms with Gasteiger partial charge in [0.25, 0.3) is 0 Å². The third-order valence-electron chi connectivity index (χ3n) is 4.31. The average Bonchev–Trinajstić information content (AvgIpc) is 2.83. The number of carbonyl (C=O) groups is 3. The highest BCUT2D eigenvalue weighted by Gasteiger charge is 2.10. The van der Waals surface area contributed by atoms with Crippen LogP contribution in [0.2, 0.25) is 0 Å². The van der Waals surface area contributed by atoms with Gasteiger partial charge in [-0.1, -0.05) is 36.4 Å². The molecule has 0 atom stereocenters. The van der Waals surface area contributed by atoms with Gasteiger partial charge in [-0.05, 0) is 48.0 Å². The van der Waals surface area contributed by atoms with Crippen LogP contribution < -0.4 is 20.5 Å². The van der Waals surface area contributed by atoms with Crippen LogP contribution in [0.5, 0.6) is 11.5 Å². The second-order valence-corrected chi connectivity index (χ2v) is 6.52. The minimum Gasteiger partial charge on any atom is -0.493 e. The van der Waals surface area contributed by atoms with Crippen LogP contribution in [-0.4, -0.2) is 37.1 Å². The van der Waals surface area contributed by atoms with Crippen molar-refractivity contribution in [3.63, 3.8) is 0 Å². The molecular formula is C25H24N2O6. The Balaban J connectivity index is 0.000000357. The van der Waals surface area contributed by atoms with E-state index >= 15 is 0 Å². The monoisotopic (exact) mass is 448 g/mol. The molecule has 0 unspecified atom stereocenters. The zero-order valence-corrected chi connectivity index (χ0v) is 18.1. The van der Waals surface area contributed by atoms with Gasteiger partial charge in [0.1, 0.15) is 0 Å². The number of methoxy groups -OCH3 is 2. The van der Waals surface area contributed by atoms with Gasteiger partial charge in [0.15, 0.2) is 11.5 Å². The number of hydrogen-bond acceptors (Lipinski definition) is 5. The zero-order chi connectivity index (χ0) is 24.2. The van der Waals surface area contributed by atoms with E-state index in [1.807, 2.05) is 6.07 Å². The molecule has 0 fully saturated rings. The molecule has 0 spiro atoms. The standard InChI is InChI=1S/C18H17NO5.C7H7NO/c1-23-15-9-7-12(11-16(15)24-2)8-10-17(20)19-14-6-4-3-5-13(14)18(21)22;8-7(9)6-4-2-1-3-5-6/h3-11H,1-2H3,(H,19,20)(H,21,22);1-5H,(H2,8,9)/b10-8+;. The molecule has 2 amide bonds. The van der Waals surface area contributed by atoms with Crippen molar-refractivity contribution in [2.75, 3.05) is 19.5 Å². The van der Waals surface area contributed by atoms with Crippen molar-refractivity contribution in [3.05, 3.63) is 95.6 Å². The Labute approximate surface area is 191 Å². The third kappa shape index (κ3) is 7.55. The maximum absolute atomic E-state index is 12.0. The molecule has 4 N–H and O–H groups in total. The predicted molar refractivity (Wildman–Crippen MR) is 126 cm³/mol. The van der Waals surface area contributed by atoms with E-state index in [1.165, 1.54) is 25.3 Å². The molecule has 0 aromatic heterocycles. The normalized spacial score (nSPS) is 10.0. The molecule has 8 nitrogen and oxygen atoms in total. The van der Waals surface area contributed by atoms with Crippen molar-refractivity contribution >= 4 is 29.5 Å². The Kier molecular flexibility index (Phi) is 9.20. The molecule has 8 heteroatoms. The summed E-state index contributed by atoms with van der Waals surface area (Å²) in [5.74, 6) is -0.769. The van der Waals surface area contributed by atoms with E-state index in [0.717, 1.165) is 5.56 Å². The molecule has 3 aromatic rings. The first-order valence-corrected chi connectivity index (χ1v) is 9.74. The number of rotatable bonds is 7. The quantitative estimate of drug-likeness (QED) is 0.471. The van der Waals surface area contributed by atoms with Gasteiger partial charge < -0.3 is 25.6 Å². The predicted octanol–water partition coefficient (Wildman–Crippen LogP) is 3.84. The molecular weight excluding hydrogens is 424 g/mol. The van der Waals surface area contributed by atoms with Gasteiger partial charge in [-0.2, -0.15) is 0 Å². The molecule has 0 radical (unpaired) electrons. The minimum atomic E-state index is -1.10. The van der Waals surface area contributed by atoms with Crippen LogP contribution in [0.25, 0.3) is 6.08 Å². The van der Waals surface area contributed by atoms with Crippen molar-refractivity contribution in [1.29, 1.82) is 0 Å². The molecule has 3 aromatic carbocycles. The van der Waals surface area contributed by atoms with E-state index in [4.69, 9.17) is 20.3 Å². The van der Waals surface area contributed by atoms with Gasteiger partial charge in [0.2, 0.25) is 11.8 Å². The summed E-state index contributed by atoms with van der Waals surface area (Å²) in [5, 5.41) is 11.6. The molecule has 0 aliphatic heterocycles. The van der Waals surface area contributed by atoms with Crippen molar-refractivity contribution in [1.82, 2.24) is 0 Å². The molecule has 3 rings (SSSR count). The van der Waals surface area contributed by atoms with E-state index < -0.39 is 11.9 Å². The van der Waals surface area contributed by atoms with Crippen molar-refractivity contribution < 1.29 is 29.0 Å². The summed E-state index contributed by atoms with van der Waals surface area (Å²) in [7, 11) is 3.07. The van der Waals surface area contributed by atoms with Gasteiger partial charge in [-0.3, -0.25) is 9.59 Å². The number of nitrogens with two attached hydrogens (primary N) is 1. The summed E-state index contributed by atoms with van der Waals surface area (Å²) in [4.78, 5) is 33.5. The lowest BCUT2D eigenvalue weighted by Gasteiger charge is -2.08. The topological polar surface area (TPSA) is 128 Å². The van der Waals surface area contributed by atoms with Gasteiger partial charge in [-0.25, -0.2) is 4.79 Å². The maximum atomic E-state index is 12.0. The van der Waals surface area contributed by atoms with Crippen LogP contribution in [-0.2, 0) is 4.79 Å². The third-order valence-corrected chi connectivity index (χ3v) is 4.31. The summed E-state index contributed by atoms with van der Waals surface area (Å²) in [6, 6.07) is 20.2. The van der Waals surface area contributed by atoms with Crippen molar-refractivity contribution in [2.24, 2.45) is 5.73 Å². The number of hydrogen-bond donors (Lipinski definition) is 3. The number of primary amides is 1. The lowest BCUT2D eigenvalue weighted by atomic mass is 10.1. The minimum absolute atomic E-state index is 0.0327. The molecule has 0 saturated heterocycles. The molecule has 33 heavy (non-hydrogen) atoms. The maximum Gasteiger partial charge on any atom is 0.337 e. The average molecular weight is 448 g/mol. The molecule has 0 aliphatic rings. The number of benzene rings is 3. The van der Waals surface area contributed by atoms with Crippen molar-refractivity contribution in [2.45, 2.75) is 0 Å². The number of nitrogens with one attached hydrogen (secondary N) is 1. The fourth-order valence-corrected chi connectivity index (χ4v) is 2.68. The highest BCUT2D eigenvalue weighted by molar-refractivity contribution is 6.06. The van der Waals surface area contributed by atoms with E-state index in [9.17, 15) is 14.4 Å². The van der Waals surface area contributed by atoms with Crippen LogP contribution >= 0.6 is 0 Å². The summed E-state index contributed by atoms with van der Waals surface area (Å²) < 4.78 is 10.3. The fraction of sp³-hybridized carbons (Fsp3) is 0.0800. The Bertz CT molecular complexity index is 1140. The smallest absolute Gasteiger partial charge is 0.337 e. The first kappa shape index (κ1) is 24.7. The van der Waals surface area contributed by atoms with Crippen LogP contribution in [0.4, 0.5) is 5.69 Å². The Morgan fingerprint density at radius 3 is 2.09 bits per heavy atom. The molecule has 0 bridgehead atoms. The first-order valence-electron chi connectivity index (χ1n) is 9.74. The first-order chi connectivity index (χ1) is 15.8. The number of carboxylic acid groups (broad SMARTS) is 1. The summed E-state index contributed by atoms with van der Waals surface area (Å²) in [6.07, 6.45) is 2.92. The van der Waals surface area contributed by atoms with Gasteiger partial charge in [0, 0.05) is 11.6 Å². The van der Waals surface area contributed by atoms with Gasteiger partial charge in [0.05, 0.1) is 25.5 Å². The highest BCUT2D eigenvalue weighted by atomic mass is 16.5. The van der Waals surface area contributed by atoms with Gasteiger partial charge >= 0.3 is 5.97 Å². The fourth-order valence-electron chi connectivity index (χ4n) is 2.68. The summed E-state index contributed by atoms with van der Waals surface area (Å²) in [6.45, 7) is 0. The second-order valence-electron chi connectivity index (χ2n) is 6.52. The zero-order valence-electron chi connectivity index (χ0n) is 18.1. The Hall–Kier alpha value is -4.59. The van der Waals surface area contributed by atoms with Crippen LogP contribution in [0.3, 0.4) is 0 Å². The molecule has 170 valence electrons. The highest BCUT2D eigenvalue weighted by Crippen LogP contribution is 2.28. The van der Waals surface area contributed by atoms with Crippen LogP contribution in [0, 0.1) is 0 Å². The van der Waals surface area contributed by atoms with E-state index in [2.05, 4.69) is 5.32 Å². The largest absolute Gasteiger partial charge is 0.493 e. The number of ether oxygens (including phenoxy) is 2. The van der Waals surface area contributed by atoms with Crippen LogP contribution in [0.15, 0.2) is 78.9 Å². The Morgan fingerprint density at radius 1 is 0.879 bits per heavy atom. The van der Waals surface area contributed by atoms with Crippen LogP contribution in [0.1, 0.15) is 26.3 Å². The molecule has 0 heterocycles. The molecule has 0 aliphatic carbocycles. The number of anilines is 1. The van der Waals surface area contributed by atoms with Crippen molar-refractivity contribution in [3.8, 4) is 11.5 Å². The number of carboxylic acids is 1. The van der Waals surface area contributed by atoms with Gasteiger partial charge in [-0.15, -0.1) is 0 Å². The van der Waals surface area contributed by atoms with E-state index in [0.29, 0.717) is 17.1 Å².